The van der Waals surface area contributed by atoms with Crippen LogP contribution in [0, 0.1) is 0 Å². The number of aromatic nitrogens is 1. The van der Waals surface area contributed by atoms with E-state index in [4.69, 9.17) is 10.2 Å². The number of aromatic amines is 1. The van der Waals surface area contributed by atoms with Crippen LogP contribution < -0.4 is 16.8 Å². The van der Waals surface area contributed by atoms with E-state index in [0.29, 0.717) is 17.7 Å². The van der Waals surface area contributed by atoms with E-state index in [2.05, 4.69) is 10.3 Å². The number of nitrogens with one attached hydrogen (secondary N) is 2. The molecule has 5 heteroatoms. The summed E-state index contributed by atoms with van der Waals surface area (Å²) in [5, 5.41) is 3.43. The molecule has 5 nitrogen and oxygen atoms in total. The predicted molar refractivity (Wildman–Crippen MR) is 66.1 cm³/mol. The van der Waals surface area contributed by atoms with Gasteiger partial charge in [0.15, 0.2) is 5.58 Å². The van der Waals surface area contributed by atoms with Gasteiger partial charge in [0.25, 0.3) is 0 Å². The summed E-state index contributed by atoms with van der Waals surface area (Å²) < 4.78 is 4.95. The van der Waals surface area contributed by atoms with E-state index in [-0.39, 0.29) is 0 Å². The monoisotopic (exact) mass is 233 g/mol. The SMILES string of the molecule is NC1CCC(Nc2ccc3oc(=O)[nH]c3c2)C1. The Bertz CT molecular complexity index is 587. The van der Waals surface area contributed by atoms with Crippen molar-refractivity contribution in [2.75, 3.05) is 5.32 Å². The first-order valence-electron chi connectivity index (χ1n) is 5.86. The van der Waals surface area contributed by atoms with Crippen LogP contribution >= 0.6 is 0 Å². The van der Waals surface area contributed by atoms with E-state index < -0.39 is 5.76 Å². The number of H-pyrrole nitrogens is 1. The molecule has 1 heterocycles. The van der Waals surface area contributed by atoms with Crippen molar-refractivity contribution in [2.24, 2.45) is 5.73 Å². The van der Waals surface area contributed by atoms with Crippen molar-refractivity contribution in [3.8, 4) is 0 Å². The van der Waals surface area contributed by atoms with Gasteiger partial charge in [0.1, 0.15) is 0 Å². The van der Waals surface area contributed by atoms with Gasteiger partial charge in [-0.25, -0.2) is 4.79 Å². The Morgan fingerprint density at radius 2 is 2.29 bits per heavy atom. The van der Waals surface area contributed by atoms with Crippen LogP contribution in [0.4, 0.5) is 5.69 Å². The number of hydrogen-bond donors (Lipinski definition) is 3. The van der Waals surface area contributed by atoms with Crippen molar-refractivity contribution in [1.29, 1.82) is 0 Å². The number of hydrogen-bond acceptors (Lipinski definition) is 4. The first kappa shape index (κ1) is 10.4. The topological polar surface area (TPSA) is 84.0 Å². The largest absolute Gasteiger partial charge is 0.417 e. The molecule has 2 unspecified atom stereocenters. The van der Waals surface area contributed by atoms with Gasteiger partial charge in [-0.1, -0.05) is 0 Å². The normalized spacial score (nSPS) is 24.3. The summed E-state index contributed by atoms with van der Waals surface area (Å²) >= 11 is 0. The molecular formula is C12H15N3O2. The van der Waals surface area contributed by atoms with E-state index in [1.54, 1.807) is 6.07 Å². The maximum absolute atomic E-state index is 11.0. The summed E-state index contributed by atoms with van der Waals surface area (Å²) in [5.74, 6) is -0.417. The van der Waals surface area contributed by atoms with Crippen molar-refractivity contribution in [3.63, 3.8) is 0 Å². The van der Waals surface area contributed by atoms with Gasteiger partial charge in [0.2, 0.25) is 0 Å². The Morgan fingerprint density at radius 1 is 1.41 bits per heavy atom. The van der Waals surface area contributed by atoms with E-state index in [1.807, 2.05) is 12.1 Å². The van der Waals surface area contributed by atoms with Crippen LogP contribution in [0.1, 0.15) is 19.3 Å². The molecule has 1 aliphatic carbocycles. The fraction of sp³-hybridized carbons (Fsp3) is 0.417. The molecule has 1 aromatic carbocycles. The fourth-order valence-corrected chi connectivity index (χ4v) is 2.43. The van der Waals surface area contributed by atoms with Gasteiger partial charge in [0, 0.05) is 17.8 Å². The molecule has 0 radical (unpaired) electrons. The first-order valence-corrected chi connectivity index (χ1v) is 5.86. The third kappa shape index (κ3) is 2.06. The molecule has 3 rings (SSSR count). The Morgan fingerprint density at radius 3 is 3.06 bits per heavy atom. The molecule has 0 amide bonds. The maximum atomic E-state index is 11.0. The van der Waals surface area contributed by atoms with Gasteiger partial charge in [-0.2, -0.15) is 0 Å². The summed E-state index contributed by atoms with van der Waals surface area (Å²) in [7, 11) is 0. The van der Waals surface area contributed by atoms with Crippen molar-refractivity contribution < 1.29 is 4.42 Å². The average molecular weight is 233 g/mol. The Balaban J connectivity index is 1.83. The fourth-order valence-electron chi connectivity index (χ4n) is 2.43. The average Bonchev–Trinajstić information content (AvgIpc) is 2.83. The molecule has 4 N–H and O–H groups in total. The molecule has 1 aromatic heterocycles. The minimum absolute atomic E-state index is 0.310. The molecule has 0 bridgehead atoms. The predicted octanol–water partition coefficient (Wildman–Crippen LogP) is 1.41. The van der Waals surface area contributed by atoms with Crippen molar-refractivity contribution in [1.82, 2.24) is 4.98 Å². The highest BCUT2D eigenvalue weighted by molar-refractivity contribution is 5.76. The lowest BCUT2D eigenvalue weighted by Crippen LogP contribution is -2.20. The number of fused-ring (bicyclic) bond motifs is 1. The lowest BCUT2D eigenvalue weighted by atomic mass is 10.2. The summed E-state index contributed by atoms with van der Waals surface area (Å²) in [5.41, 5.74) is 8.18. The van der Waals surface area contributed by atoms with E-state index in [9.17, 15) is 4.79 Å². The Labute approximate surface area is 98.0 Å². The smallest absolute Gasteiger partial charge is 0.408 e. The standard InChI is InChI=1S/C12H15N3O2/c13-7-1-2-8(5-7)14-9-3-4-11-10(6-9)15-12(16)17-11/h3-4,6-8,14H,1-2,5,13H2,(H,15,16). The molecule has 2 aromatic rings. The molecule has 1 fully saturated rings. The van der Waals surface area contributed by atoms with Crippen LogP contribution in [0.25, 0.3) is 11.1 Å². The van der Waals surface area contributed by atoms with Crippen molar-refractivity contribution >= 4 is 16.8 Å². The molecule has 0 aliphatic heterocycles. The summed E-state index contributed by atoms with van der Waals surface area (Å²) in [6.07, 6.45) is 3.17. The quantitative estimate of drug-likeness (QED) is 0.732. The summed E-state index contributed by atoms with van der Waals surface area (Å²) in [6, 6.07) is 6.35. The highest BCUT2D eigenvalue weighted by atomic mass is 16.4. The zero-order valence-corrected chi connectivity index (χ0v) is 9.40. The molecule has 17 heavy (non-hydrogen) atoms. The van der Waals surface area contributed by atoms with Crippen LogP contribution in [0.5, 0.6) is 0 Å². The molecule has 0 saturated heterocycles. The molecule has 90 valence electrons. The Hall–Kier alpha value is -1.75. The number of nitrogens with two attached hydrogens (primary N) is 1. The van der Waals surface area contributed by atoms with E-state index in [1.165, 1.54) is 0 Å². The van der Waals surface area contributed by atoms with Gasteiger partial charge in [-0.05, 0) is 37.5 Å². The van der Waals surface area contributed by atoms with Crippen LogP contribution in [-0.2, 0) is 0 Å². The number of rotatable bonds is 2. The maximum Gasteiger partial charge on any atom is 0.417 e. The number of anilines is 1. The zero-order chi connectivity index (χ0) is 11.8. The minimum Gasteiger partial charge on any atom is -0.408 e. The third-order valence-electron chi connectivity index (χ3n) is 3.26. The number of benzene rings is 1. The molecule has 1 aliphatic rings. The second-order valence-corrected chi connectivity index (χ2v) is 4.64. The van der Waals surface area contributed by atoms with Gasteiger partial charge in [-0.15, -0.1) is 0 Å². The highest BCUT2D eigenvalue weighted by Crippen LogP contribution is 2.23. The second-order valence-electron chi connectivity index (χ2n) is 4.64. The van der Waals surface area contributed by atoms with Gasteiger partial charge < -0.3 is 15.5 Å². The lowest BCUT2D eigenvalue weighted by molar-refractivity contribution is 0.555. The van der Waals surface area contributed by atoms with Gasteiger partial charge in [-0.3, -0.25) is 4.98 Å². The second kappa shape index (κ2) is 3.92. The van der Waals surface area contributed by atoms with Crippen LogP contribution in [-0.4, -0.2) is 17.1 Å². The van der Waals surface area contributed by atoms with Crippen molar-refractivity contribution in [2.45, 2.75) is 31.3 Å². The van der Waals surface area contributed by atoms with Crippen LogP contribution in [0.15, 0.2) is 27.4 Å². The van der Waals surface area contributed by atoms with Crippen molar-refractivity contribution in [3.05, 3.63) is 28.7 Å². The van der Waals surface area contributed by atoms with Gasteiger partial charge in [0.05, 0.1) is 5.52 Å². The number of oxazole rings is 1. The highest BCUT2D eigenvalue weighted by Gasteiger charge is 2.21. The van der Waals surface area contributed by atoms with Crippen LogP contribution in [0.2, 0.25) is 0 Å². The molecular weight excluding hydrogens is 218 g/mol. The summed E-state index contributed by atoms with van der Waals surface area (Å²) in [4.78, 5) is 13.7. The Kier molecular flexibility index (Phi) is 2.40. The van der Waals surface area contributed by atoms with E-state index in [0.717, 1.165) is 30.5 Å². The van der Waals surface area contributed by atoms with Gasteiger partial charge >= 0.3 is 5.76 Å². The minimum atomic E-state index is -0.417. The lowest BCUT2D eigenvalue weighted by Gasteiger charge is -2.13. The summed E-state index contributed by atoms with van der Waals surface area (Å²) in [6.45, 7) is 0. The van der Waals surface area contributed by atoms with E-state index >= 15 is 0 Å². The van der Waals surface area contributed by atoms with Crippen LogP contribution in [0.3, 0.4) is 0 Å². The molecule has 2 atom stereocenters. The molecule has 1 saturated carbocycles. The third-order valence-corrected chi connectivity index (χ3v) is 3.26. The molecule has 0 spiro atoms. The first-order chi connectivity index (χ1) is 8.20. The zero-order valence-electron chi connectivity index (χ0n) is 9.40.